The van der Waals surface area contributed by atoms with Gasteiger partial charge in [0.1, 0.15) is 0 Å². The Labute approximate surface area is 185 Å². The molecule has 0 aliphatic carbocycles. The molecule has 0 aliphatic heterocycles. The highest BCUT2D eigenvalue weighted by molar-refractivity contribution is 6.35. The van der Waals surface area contributed by atoms with Crippen molar-refractivity contribution < 1.29 is 0 Å². The Kier molecular flexibility index (Phi) is 4.05. The summed E-state index contributed by atoms with van der Waals surface area (Å²) in [5.74, 6) is 0. The highest BCUT2D eigenvalue weighted by atomic mass is 14.9. The second-order valence-electron chi connectivity index (χ2n) is 8.02. The van der Waals surface area contributed by atoms with Gasteiger partial charge < -0.3 is 22.1 Å². The van der Waals surface area contributed by atoms with E-state index in [2.05, 4.69) is 41.0 Å². The SMILES string of the molecule is Nc1c(Nc2ccccc2)c2cccc3c(Nc4ccccc4)c(N)c4cccc1c4c23. The van der Waals surface area contributed by atoms with E-state index in [1.165, 1.54) is 0 Å². The van der Waals surface area contributed by atoms with Gasteiger partial charge in [-0.15, -0.1) is 0 Å². The molecule has 6 N–H and O–H groups in total. The van der Waals surface area contributed by atoms with E-state index in [1.807, 2.05) is 66.7 Å². The first kappa shape index (κ1) is 18.3. The number of rotatable bonds is 4. The summed E-state index contributed by atoms with van der Waals surface area (Å²) in [5, 5.41) is 13.5. The van der Waals surface area contributed by atoms with Gasteiger partial charge in [0.15, 0.2) is 0 Å². The molecule has 154 valence electrons. The quantitative estimate of drug-likeness (QED) is 0.181. The zero-order chi connectivity index (χ0) is 21.7. The molecule has 0 atom stereocenters. The predicted octanol–water partition coefficient (Wildman–Crippen LogP) is 7.24. The third-order valence-electron chi connectivity index (χ3n) is 6.12. The van der Waals surface area contributed by atoms with E-state index < -0.39 is 0 Å². The molecule has 0 spiro atoms. The number of nitrogens with two attached hydrogens (primary N) is 2. The molecule has 6 aromatic carbocycles. The summed E-state index contributed by atoms with van der Waals surface area (Å²) in [6.45, 7) is 0. The minimum Gasteiger partial charge on any atom is -0.397 e. The molecule has 0 unspecified atom stereocenters. The molecule has 0 aromatic heterocycles. The molecule has 0 fully saturated rings. The van der Waals surface area contributed by atoms with Crippen LogP contribution in [0.25, 0.3) is 32.3 Å². The molecule has 6 aromatic rings. The number of nitrogen functional groups attached to an aromatic ring is 2. The standard InChI is InChI=1S/C28H22N4/c29-25-19-13-7-14-20-23(19)24-21(27(25)31-17-9-3-1-4-10-17)15-8-16-22(24)28(26(20)30)32-18-11-5-2-6-12-18/h1-16,31-32H,29-30H2. The topological polar surface area (TPSA) is 76.1 Å². The van der Waals surface area contributed by atoms with Crippen LogP contribution in [-0.4, -0.2) is 0 Å². The lowest BCUT2D eigenvalue weighted by Crippen LogP contribution is -2.03. The van der Waals surface area contributed by atoms with Crippen LogP contribution in [0.15, 0.2) is 97.1 Å². The summed E-state index contributed by atoms with van der Waals surface area (Å²) in [7, 11) is 0. The maximum Gasteiger partial charge on any atom is 0.0704 e. The van der Waals surface area contributed by atoms with Gasteiger partial charge >= 0.3 is 0 Å². The van der Waals surface area contributed by atoms with E-state index in [0.717, 1.165) is 66.4 Å². The Morgan fingerprint density at radius 3 is 1.22 bits per heavy atom. The van der Waals surface area contributed by atoms with Crippen LogP contribution in [0.3, 0.4) is 0 Å². The van der Waals surface area contributed by atoms with Crippen LogP contribution in [0.4, 0.5) is 34.1 Å². The second kappa shape index (κ2) is 7.06. The number of benzene rings is 6. The van der Waals surface area contributed by atoms with Gasteiger partial charge in [-0.2, -0.15) is 0 Å². The lowest BCUT2D eigenvalue weighted by Gasteiger charge is -2.22. The van der Waals surface area contributed by atoms with Crippen LogP contribution in [0.2, 0.25) is 0 Å². The van der Waals surface area contributed by atoms with Crippen molar-refractivity contribution in [2.24, 2.45) is 0 Å². The molecule has 0 radical (unpaired) electrons. The van der Waals surface area contributed by atoms with Crippen molar-refractivity contribution in [3.05, 3.63) is 97.1 Å². The summed E-state index contributed by atoms with van der Waals surface area (Å²) < 4.78 is 0. The minimum absolute atomic E-state index is 0.725. The van der Waals surface area contributed by atoms with E-state index >= 15 is 0 Å². The Balaban J connectivity index is 1.71. The van der Waals surface area contributed by atoms with Gasteiger partial charge in [0.25, 0.3) is 0 Å². The lowest BCUT2D eigenvalue weighted by atomic mass is 9.89. The molecule has 0 aliphatic rings. The van der Waals surface area contributed by atoms with Gasteiger partial charge in [-0.1, -0.05) is 72.8 Å². The van der Waals surface area contributed by atoms with Gasteiger partial charge in [0.2, 0.25) is 0 Å². The maximum absolute atomic E-state index is 6.74. The van der Waals surface area contributed by atoms with Gasteiger partial charge in [0.05, 0.1) is 22.7 Å². The predicted molar refractivity (Wildman–Crippen MR) is 138 cm³/mol. The van der Waals surface area contributed by atoms with Crippen LogP contribution in [0.5, 0.6) is 0 Å². The first-order chi connectivity index (χ1) is 15.7. The number of hydrogen-bond donors (Lipinski definition) is 4. The fourth-order valence-electron chi connectivity index (χ4n) is 4.67. The molecule has 4 nitrogen and oxygen atoms in total. The van der Waals surface area contributed by atoms with Crippen molar-refractivity contribution in [3.63, 3.8) is 0 Å². The van der Waals surface area contributed by atoms with E-state index in [1.54, 1.807) is 0 Å². The maximum atomic E-state index is 6.74. The van der Waals surface area contributed by atoms with Crippen molar-refractivity contribution >= 4 is 66.4 Å². The second-order valence-corrected chi connectivity index (χ2v) is 8.02. The average molecular weight is 415 g/mol. The minimum atomic E-state index is 0.725. The molecule has 0 saturated heterocycles. The van der Waals surface area contributed by atoms with Crippen LogP contribution < -0.4 is 22.1 Å². The largest absolute Gasteiger partial charge is 0.397 e. The van der Waals surface area contributed by atoms with Crippen molar-refractivity contribution in [2.75, 3.05) is 22.1 Å². The highest BCUT2D eigenvalue weighted by Crippen LogP contribution is 2.49. The molecular weight excluding hydrogens is 392 g/mol. The summed E-state index contributed by atoms with van der Waals surface area (Å²) in [5.41, 5.74) is 18.8. The smallest absolute Gasteiger partial charge is 0.0704 e. The van der Waals surface area contributed by atoms with Crippen molar-refractivity contribution in [2.45, 2.75) is 0 Å². The van der Waals surface area contributed by atoms with E-state index in [-0.39, 0.29) is 0 Å². The summed E-state index contributed by atoms with van der Waals surface area (Å²) in [4.78, 5) is 0. The molecule has 0 amide bonds. The van der Waals surface area contributed by atoms with Gasteiger partial charge in [-0.05, 0) is 24.3 Å². The number of anilines is 6. The molecular formula is C28H22N4. The van der Waals surface area contributed by atoms with E-state index in [9.17, 15) is 0 Å². The zero-order valence-corrected chi connectivity index (χ0v) is 17.4. The monoisotopic (exact) mass is 414 g/mol. The molecule has 0 heterocycles. The third-order valence-corrected chi connectivity index (χ3v) is 6.12. The van der Waals surface area contributed by atoms with E-state index in [4.69, 9.17) is 11.5 Å². The normalized spacial score (nSPS) is 11.4. The zero-order valence-electron chi connectivity index (χ0n) is 17.4. The van der Waals surface area contributed by atoms with Crippen molar-refractivity contribution in [1.82, 2.24) is 0 Å². The fourth-order valence-corrected chi connectivity index (χ4v) is 4.67. The summed E-state index contributed by atoms with van der Waals surface area (Å²) >= 11 is 0. The Bertz CT molecular complexity index is 1460. The van der Waals surface area contributed by atoms with Crippen LogP contribution in [0, 0.1) is 0 Å². The summed E-state index contributed by atoms with van der Waals surface area (Å²) in [6, 6.07) is 32.7. The van der Waals surface area contributed by atoms with Crippen LogP contribution in [-0.2, 0) is 0 Å². The van der Waals surface area contributed by atoms with Crippen molar-refractivity contribution in [1.29, 1.82) is 0 Å². The van der Waals surface area contributed by atoms with Gasteiger partial charge in [-0.3, -0.25) is 0 Å². The van der Waals surface area contributed by atoms with Crippen molar-refractivity contribution in [3.8, 4) is 0 Å². The number of hydrogen-bond acceptors (Lipinski definition) is 4. The first-order valence-corrected chi connectivity index (χ1v) is 10.6. The van der Waals surface area contributed by atoms with Gasteiger partial charge in [-0.25, -0.2) is 0 Å². The third kappa shape index (κ3) is 2.70. The first-order valence-electron chi connectivity index (χ1n) is 10.6. The number of nitrogens with one attached hydrogen (secondary N) is 2. The highest BCUT2D eigenvalue weighted by Gasteiger charge is 2.21. The Morgan fingerprint density at radius 2 is 0.781 bits per heavy atom. The van der Waals surface area contributed by atoms with Crippen LogP contribution in [0.1, 0.15) is 0 Å². The fraction of sp³-hybridized carbons (Fsp3) is 0. The van der Waals surface area contributed by atoms with Crippen LogP contribution >= 0.6 is 0 Å². The Hall–Kier alpha value is -4.44. The molecule has 0 bridgehead atoms. The molecule has 4 heteroatoms. The lowest BCUT2D eigenvalue weighted by molar-refractivity contribution is 1.57. The molecule has 0 saturated carbocycles. The number of para-hydroxylation sites is 2. The molecule has 32 heavy (non-hydrogen) atoms. The van der Waals surface area contributed by atoms with Gasteiger partial charge in [0, 0.05) is 43.7 Å². The molecule has 6 rings (SSSR count). The average Bonchev–Trinajstić information content (AvgIpc) is 2.84. The Morgan fingerprint density at radius 1 is 0.406 bits per heavy atom. The summed E-state index contributed by atoms with van der Waals surface area (Å²) in [6.07, 6.45) is 0. The van der Waals surface area contributed by atoms with E-state index in [0.29, 0.717) is 0 Å².